The molecule has 61 heavy (non-hydrogen) atoms. The Hall–Kier alpha value is -6.49. The smallest absolute Gasteiger partial charge is 0.247 e. The normalized spacial score (nSPS) is 12.0. The van der Waals surface area contributed by atoms with E-state index in [1.807, 2.05) is 34.9 Å². The first kappa shape index (κ1) is 39.9. The predicted molar refractivity (Wildman–Crippen MR) is 240 cm³/mol. The van der Waals surface area contributed by atoms with Crippen molar-refractivity contribution in [2.75, 3.05) is 0 Å². The van der Waals surface area contributed by atoms with E-state index in [1.54, 1.807) is 6.26 Å². The van der Waals surface area contributed by atoms with Crippen molar-refractivity contribution in [2.45, 2.75) is 52.5 Å². The number of ether oxygens (including phenoxy) is 1. The molecule has 0 unspecified atom stereocenters. The third kappa shape index (κ3) is 7.19. The van der Waals surface area contributed by atoms with Crippen LogP contribution in [0.3, 0.4) is 0 Å². The molecule has 0 N–H and O–H groups in total. The van der Waals surface area contributed by atoms with E-state index in [2.05, 4.69) is 190 Å². The fraction of sp³-hybridized carbons (Fsp3) is 0.148. The zero-order chi connectivity index (χ0) is 41.2. The molecular formula is C54H44N4O2Pt-2. The van der Waals surface area contributed by atoms with E-state index in [0.29, 0.717) is 17.2 Å². The van der Waals surface area contributed by atoms with E-state index in [1.165, 1.54) is 5.56 Å². The number of fused-ring (bicyclic) bond motifs is 4. The van der Waals surface area contributed by atoms with Crippen LogP contribution in [0.1, 0.15) is 47.1 Å². The van der Waals surface area contributed by atoms with Crippen molar-refractivity contribution in [3.8, 4) is 62.1 Å². The Morgan fingerprint density at radius 1 is 0.656 bits per heavy atom. The third-order valence-corrected chi connectivity index (χ3v) is 11.2. The van der Waals surface area contributed by atoms with Gasteiger partial charge in [0.25, 0.3) is 0 Å². The van der Waals surface area contributed by atoms with Gasteiger partial charge >= 0.3 is 0 Å². The van der Waals surface area contributed by atoms with E-state index in [4.69, 9.17) is 14.1 Å². The van der Waals surface area contributed by atoms with E-state index in [9.17, 15) is 0 Å². The summed E-state index contributed by atoms with van der Waals surface area (Å²) in [7, 11) is 0. The fourth-order valence-electron chi connectivity index (χ4n) is 8.20. The van der Waals surface area contributed by atoms with Crippen LogP contribution < -0.4 is 9.30 Å². The summed E-state index contributed by atoms with van der Waals surface area (Å²) in [6.07, 6.45) is 7.39. The molecule has 6 nitrogen and oxygen atoms in total. The van der Waals surface area contributed by atoms with Gasteiger partial charge in [0.2, 0.25) is 12.0 Å². The molecule has 4 heterocycles. The van der Waals surface area contributed by atoms with Crippen LogP contribution in [-0.4, -0.2) is 14.0 Å². The molecule has 0 aliphatic rings. The summed E-state index contributed by atoms with van der Waals surface area (Å²) < 4.78 is 19.6. The molecular weight excluding hydrogens is 932 g/mol. The van der Waals surface area contributed by atoms with Crippen molar-refractivity contribution in [2.24, 2.45) is 0 Å². The number of pyridine rings is 1. The molecule has 0 atom stereocenters. The Morgan fingerprint density at radius 2 is 1.31 bits per heavy atom. The Kier molecular flexibility index (Phi) is 10.2. The third-order valence-electron chi connectivity index (χ3n) is 11.2. The number of rotatable bonds is 7. The second kappa shape index (κ2) is 15.5. The van der Waals surface area contributed by atoms with Crippen molar-refractivity contribution in [1.82, 2.24) is 14.0 Å². The molecule has 0 aliphatic heterocycles. The van der Waals surface area contributed by atoms with Gasteiger partial charge in [0.15, 0.2) is 0 Å². The van der Waals surface area contributed by atoms with Crippen molar-refractivity contribution < 1.29 is 34.8 Å². The first-order valence-electron chi connectivity index (χ1n) is 20.4. The molecule has 0 radical (unpaired) electrons. The van der Waals surface area contributed by atoms with E-state index >= 15 is 0 Å². The summed E-state index contributed by atoms with van der Waals surface area (Å²) in [5.74, 6) is 1.98. The Morgan fingerprint density at radius 3 is 2.00 bits per heavy atom. The summed E-state index contributed by atoms with van der Waals surface area (Å²) in [6.45, 7) is 13.3. The second-order valence-electron chi connectivity index (χ2n) is 17.3. The summed E-state index contributed by atoms with van der Waals surface area (Å²) in [4.78, 5) is 4.84. The van der Waals surface area contributed by atoms with Gasteiger partial charge in [0, 0.05) is 44.3 Å². The second-order valence-corrected chi connectivity index (χ2v) is 17.3. The average molecular weight is 976 g/mol. The molecule has 6 aromatic carbocycles. The van der Waals surface area contributed by atoms with Crippen LogP contribution in [0.5, 0.6) is 11.5 Å². The van der Waals surface area contributed by atoms with Crippen molar-refractivity contribution >= 4 is 27.5 Å². The quantitative estimate of drug-likeness (QED) is 0.118. The SMILES string of the molecule is CC(C)(C)c1ccnc(-n2c3[c-]c(Oc4[c-]c(-c5coc6c(-c7c(-c8ccccc8)cccc7-c7ccccc7)[n+](C(C)(C)C)[c-]n56)ccc4)ccc3c3ccccc32)c1.[Pt]. The maximum absolute atomic E-state index is 6.60. The minimum Gasteiger partial charge on any atom is -0.503 e. The van der Waals surface area contributed by atoms with Crippen molar-refractivity contribution in [3.05, 3.63) is 182 Å². The first-order chi connectivity index (χ1) is 29.0. The minimum atomic E-state index is -0.339. The monoisotopic (exact) mass is 975 g/mol. The van der Waals surface area contributed by atoms with Gasteiger partial charge in [0.05, 0.1) is 17.5 Å². The van der Waals surface area contributed by atoms with Gasteiger partial charge in [-0.15, -0.1) is 35.7 Å². The molecule has 10 aromatic rings. The molecule has 10 rings (SSSR count). The van der Waals surface area contributed by atoms with E-state index in [0.717, 1.165) is 72.4 Å². The maximum atomic E-state index is 6.60. The van der Waals surface area contributed by atoms with Crippen LogP contribution >= 0.6 is 0 Å². The number of para-hydroxylation sites is 1. The largest absolute Gasteiger partial charge is 0.503 e. The number of aromatic nitrogens is 4. The van der Waals surface area contributed by atoms with Gasteiger partial charge in [-0.05, 0) is 83.2 Å². The molecule has 0 saturated heterocycles. The van der Waals surface area contributed by atoms with Crippen LogP contribution in [0, 0.1) is 18.5 Å². The topological polar surface area (TPSA) is 48.5 Å². The minimum absolute atomic E-state index is 0. The summed E-state index contributed by atoms with van der Waals surface area (Å²) in [5.41, 5.74) is 11.6. The molecule has 7 heteroatoms. The Balaban J connectivity index is 0.00000476. The average Bonchev–Trinajstić information content (AvgIpc) is 3.94. The molecule has 4 aromatic heterocycles. The molecule has 0 saturated carbocycles. The molecule has 0 fully saturated rings. The van der Waals surface area contributed by atoms with Gasteiger partial charge in [-0.1, -0.05) is 135 Å². The van der Waals surface area contributed by atoms with Gasteiger partial charge in [-0.2, -0.15) is 6.07 Å². The predicted octanol–water partition coefficient (Wildman–Crippen LogP) is 13.2. The zero-order valence-electron chi connectivity index (χ0n) is 34.9. The molecule has 0 amide bonds. The van der Waals surface area contributed by atoms with Crippen LogP contribution in [-0.2, 0) is 32.0 Å². The van der Waals surface area contributed by atoms with Crippen LogP contribution in [0.4, 0.5) is 0 Å². The van der Waals surface area contributed by atoms with Gasteiger partial charge < -0.3 is 18.3 Å². The number of nitrogens with zero attached hydrogens (tertiary/aromatic N) is 4. The van der Waals surface area contributed by atoms with E-state index < -0.39 is 0 Å². The number of imidazole rings is 1. The van der Waals surface area contributed by atoms with Crippen LogP contribution in [0.2, 0.25) is 0 Å². The standard InChI is InChI=1S/C54H44N4O2.Pt/c1-53(2,3)39-29-30-55-49(32-39)58-46-26-14-13-23-44(46)45-28-27-41(33-47(45)58)60-40-22-15-21-38(31-40)48-34-59-52-51(57(35-56(48)52)54(4,5)6)50-42(36-17-9-7-10-18-36)24-16-25-43(50)37-19-11-8-12-20-37;/h7-30,32,34H,1-6H3;/q-2;. The Labute approximate surface area is 371 Å². The van der Waals surface area contributed by atoms with Crippen molar-refractivity contribution in [3.63, 3.8) is 0 Å². The molecule has 304 valence electrons. The van der Waals surface area contributed by atoms with Gasteiger partial charge in [-0.25, -0.2) is 4.98 Å². The zero-order valence-corrected chi connectivity index (χ0v) is 37.2. The summed E-state index contributed by atoms with van der Waals surface area (Å²) >= 11 is 0. The first-order valence-corrected chi connectivity index (χ1v) is 20.4. The van der Waals surface area contributed by atoms with Crippen LogP contribution in [0.25, 0.3) is 78.1 Å². The number of benzene rings is 6. The molecule has 0 bridgehead atoms. The molecule has 0 aliphatic carbocycles. The van der Waals surface area contributed by atoms with E-state index in [-0.39, 0.29) is 32.0 Å². The van der Waals surface area contributed by atoms with Gasteiger partial charge in [0.1, 0.15) is 11.5 Å². The van der Waals surface area contributed by atoms with Crippen molar-refractivity contribution in [1.29, 1.82) is 0 Å². The van der Waals surface area contributed by atoms with Gasteiger partial charge in [-0.3, -0.25) is 4.40 Å². The molecule has 0 spiro atoms. The fourth-order valence-corrected chi connectivity index (χ4v) is 8.20. The summed E-state index contributed by atoms with van der Waals surface area (Å²) in [6, 6.07) is 57.5. The number of hydrogen-bond donors (Lipinski definition) is 0. The number of hydrogen-bond acceptors (Lipinski definition) is 3. The maximum Gasteiger partial charge on any atom is 0.247 e. The summed E-state index contributed by atoms with van der Waals surface area (Å²) in [5, 5.41) is 2.21. The van der Waals surface area contributed by atoms with Crippen LogP contribution in [0.15, 0.2) is 162 Å². The Bertz CT molecular complexity index is 3140. The number of oxazole rings is 1.